The smallest absolute Gasteiger partial charge is 0.294 e. The highest BCUT2D eigenvalue weighted by Gasteiger charge is 2.42. The Morgan fingerprint density at radius 2 is 0.762 bits per heavy atom. The highest BCUT2D eigenvalue weighted by atomic mass is 79.9. The average Bonchev–Trinajstić information content (AvgIpc) is 2.24. The molecule has 0 aromatic heterocycles. The number of nitrogens with zero attached hydrogens (tertiary/aromatic N) is 2. The van der Waals surface area contributed by atoms with E-state index in [0.717, 1.165) is 26.2 Å². The number of hydrogen-bond acceptors (Lipinski definition) is 2. The molecule has 2 nitrogen and oxygen atoms in total. The zero-order valence-electron chi connectivity index (χ0n) is 15.3. The fourth-order valence-corrected chi connectivity index (χ4v) is 8.77. The van der Waals surface area contributed by atoms with E-state index in [1.807, 2.05) is 0 Å². The van der Waals surface area contributed by atoms with E-state index in [1.165, 1.54) is 0 Å². The third-order valence-electron chi connectivity index (χ3n) is 3.10. The van der Waals surface area contributed by atoms with Gasteiger partial charge in [-0.2, -0.15) is 0 Å². The van der Waals surface area contributed by atoms with Crippen molar-refractivity contribution < 1.29 is 0 Å². The van der Waals surface area contributed by atoms with Crippen molar-refractivity contribution in [2.45, 2.75) is 55.4 Å². The second-order valence-corrected chi connectivity index (χ2v) is 20.0. The molecule has 5 heteroatoms. The predicted octanol–water partition coefficient (Wildman–Crippen LogP) is 5.44. The van der Waals surface area contributed by atoms with Crippen LogP contribution in [0.25, 0.3) is 0 Å². The van der Waals surface area contributed by atoms with E-state index in [0.29, 0.717) is 23.7 Å². The molecule has 0 bridgehead atoms. The Labute approximate surface area is 150 Å². The van der Waals surface area contributed by atoms with Crippen LogP contribution >= 0.6 is 30.6 Å². The SMILES string of the molecule is CC(C)CN(CC(C)C)[Si](Br)(Br)N(CC(C)C)CC(C)C. The summed E-state index contributed by atoms with van der Waals surface area (Å²) in [5.41, 5.74) is -1.92. The Kier molecular flexibility index (Phi) is 10.6. The lowest BCUT2D eigenvalue weighted by atomic mass is 10.2. The van der Waals surface area contributed by atoms with Crippen LogP contribution in [0.15, 0.2) is 0 Å². The zero-order valence-corrected chi connectivity index (χ0v) is 19.5. The normalized spacial score (nSPS) is 13.7. The molecule has 0 aliphatic rings. The van der Waals surface area contributed by atoms with Crippen LogP contribution in [-0.2, 0) is 0 Å². The van der Waals surface area contributed by atoms with Gasteiger partial charge in [-0.1, -0.05) is 86.0 Å². The Balaban J connectivity index is 5.22. The van der Waals surface area contributed by atoms with Gasteiger partial charge < -0.3 is 0 Å². The molecule has 0 fully saturated rings. The van der Waals surface area contributed by atoms with Crippen molar-refractivity contribution in [2.75, 3.05) is 26.2 Å². The van der Waals surface area contributed by atoms with E-state index in [2.05, 4.69) is 95.1 Å². The van der Waals surface area contributed by atoms with Gasteiger partial charge in [-0.3, -0.25) is 9.13 Å². The van der Waals surface area contributed by atoms with Gasteiger partial charge in [0.05, 0.1) is 0 Å². The number of rotatable bonds is 10. The van der Waals surface area contributed by atoms with Gasteiger partial charge in [0.25, 0.3) is 0 Å². The Hall–Kier alpha value is 1.10. The van der Waals surface area contributed by atoms with Gasteiger partial charge in [-0.05, 0) is 49.9 Å². The van der Waals surface area contributed by atoms with Crippen molar-refractivity contribution >= 4 is 36.2 Å². The largest absolute Gasteiger partial charge is 0.354 e. The quantitative estimate of drug-likeness (QED) is 0.327. The number of halogens is 2. The maximum absolute atomic E-state index is 4.14. The lowest BCUT2D eigenvalue weighted by Crippen LogP contribution is -2.60. The van der Waals surface area contributed by atoms with E-state index in [1.54, 1.807) is 0 Å². The molecule has 0 radical (unpaired) electrons. The summed E-state index contributed by atoms with van der Waals surface area (Å²) in [5, 5.41) is 0. The summed E-state index contributed by atoms with van der Waals surface area (Å²) in [6, 6.07) is 0. The van der Waals surface area contributed by atoms with Crippen LogP contribution in [0.5, 0.6) is 0 Å². The fourth-order valence-electron chi connectivity index (χ4n) is 2.55. The monoisotopic (exact) mass is 442 g/mol. The van der Waals surface area contributed by atoms with Crippen molar-refractivity contribution in [1.82, 2.24) is 9.13 Å². The van der Waals surface area contributed by atoms with Crippen molar-refractivity contribution in [3.8, 4) is 0 Å². The molecule has 21 heavy (non-hydrogen) atoms. The Morgan fingerprint density at radius 3 is 0.905 bits per heavy atom. The minimum atomic E-state index is -1.92. The Morgan fingerprint density at radius 1 is 0.571 bits per heavy atom. The molecule has 0 heterocycles. The van der Waals surface area contributed by atoms with Crippen molar-refractivity contribution in [3.05, 3.63) is 0 Å². The van der Waals surface area contributed by atoms with Crippen LogP contribution in [-0.4, -0.2) is 40.9 Å². The highest BCUT2D eigenvalue weighted by Crippen LogP contribution is 2.32. The first kappa shape index (κ1) is 22.1. The van der Waals surface area contributed by atoms with Crippen LogP contribution in [0, 0.1) is 23.7 Å². The molecule has 0 amide bonds. The van der Waals surface area contributed by atoms with Gasteiger partial charge in [0.2, 0.25) is 0 Å². The minimum absolute atomic E-state index is 0.686. The summed E-state index contributed by atoms with van der Waals surface area (Å²) in [4.78, 5) is 0. The van der Waals surface area contributed by atoms with Gasteiger partial charge in [0.1, 0.15) is 0 Å². The van der Waals surface area contributed by atoms with Gasteiger partial charge in [-0.25, -0.2) is 0 Å². The van der Waals surface area contributed by atoms with Crippen molar-refractivity contribution in [2.24, 2.45) is 23.7 Å². The van der Waals surface area contributed by atoms with Crippen LogP contribution in [0.1, 0.15) is 55.4 Å². The summed E-state index contributed by atoms with van der Waals surface area (Å²) in [6.07, 6.45) is 0. The van der Waals surface area contributed by atoms with E-state index < -0.39 is 5.64 Å². The van der Waals surface area contributed by atoms with Gasteiger partial charge in [-0.15, -0.1) is 0 Å². The summed E-state index contributed by atoms with van der Waals surface area (Å²) in [5.74, 6) is 2.74. The second-order valence-electron chi connectivity index (χ2n) is 7.89. The Bertz CT molecular complexity index is 235. The summed E-state index contributed by atoms with van der Waals surface area (Å²) < 4.78 is 5.35. The molecular formula is C16H36Br2N2Si. The molecule has 0 aliphatic carbocycles. The van der Waals surface area contributed by atoms with Crippen LogP contribution in [0.3, 0.4) is 0 Å². The highest BCUT2D eigenvalue weighted by molar-refractivity contribution is 9.50. The molecule has 0 saturated heterocycles. The second kappa shape index (κ2) is 10.1. The molecule has 128 valence electrons. The average molecular weight is 444 g/mol. The maximum Gasteiger partial charge on any atom is 0.354 e. The molecule has 0 N–H and O–H groups in total. The summed E-state index contributed by atoms with van der Waals surface area (Å²) in [6.45, 7) is 23.1. The van der Waals surface area contributed by atoms with E-state index in [-0.39, 0.29) is 0 Å². The first-order chi connectivity index (χ1) is 9.46. The van der Waals surface area contributed by atoms with Crippen molar-refractivity contribution in [3.63, 3.8) is 0 Å². The first-order valence-corrected chi connectivity index (χ1v) is 14.8. The number of hydrogen-bond donors (Lipinski definition) is 0. The third-order valence-corrected chi connectivity index (χ3v) is 11.4. The molecule has 0 unspecified atom stereocenters. The zero-order chi connectivity index (χ0) is 16.8. The molecule has 0 aliphatic heterocycles. The molecule has 0 aromatic rings. The molecule has 0 aromatic carbocycles. The van der Waals surface area contributed by atoms with Crippen molar-refractivity contribution in [1.29, 1.82) is 0 Å². The molecule has 0 rings (SSSR count). The van der Waals surface area contributed by atoms with Gasteiger partial charge in [0, 0.05) is 0 Å². The lowest BCUT2D eigenvalue weighted by Gasteiger charge is -2.44. The standard InChI is InChI=1S/C16H36Br2N2Si/c1-13(2)9-19(10-14(3)4)21(17,18)20(11-15(5)6)12-16(7)8/h13-16H,9-12H2,1-8H3. The topological polar surface area (TPSA) is 6.48 Å². The van der Waals surface area contributed by atoms with Gasteiger partial charge in [0.15, 0.2) is 0 Å². The van der Waals surface area contributed by atoms with Crippen LogP contribution in [0.2, 0.25) is 0 Å². The molecule has 0 spiro atoms. The van der Waals surface area contributed by atoms with E-state index >= 15 is 0 Å². The predicted molar refractivity (Wildman–Crippen MR) is 106 cm³/mol. The van der Waals surface area contributed by atoms with Crippen LogP contribution in [0.4, 0.5) is 0 Å². The molecular weight excluding hydrogens is 408 g/mol. The van der Waals surface area contributed by atoms with E-state index in [4.69, 9.17) is 0 Å². The lowest BCUT2D eigenvalue weighted by molar-refractivity contribution is 0.274. The maximum atomic E-state index is 4.14. The molecule has 0 atom stereocenters. The molecule has 0 saturated carbocycles. The first-order valence-electron chi connectivity index (χ1n) is 8.34. The van der Waals surface area contributed by atoms with Gasteiger partial charge >= 0.3 is 5.64 Å². The summed E-state index contributed by atoms with van der Waals surface area (Å²) >= 11 is 8.27. The van der Waals surface area contributed by atoms with E-state index in [9.17, 15) is 0 Å². The minimum Gasteiger partial charge on any atom is -0.294 e. The fraction of sp³-hybridized carbons (Fsp3) is 1.00. The third kappa shape index (κ3) is 9.09. The van der Waals surface area contributed by atoms with Crippen LogP contribution < -0.4 is 0 Å². The summed E-state index contributed by atoms with van der Waals surface area (Å²) in [7, 11) is 0.